The Balaban J connectivity index is 1.92. The zero-order valence-corrected chi connectivity index (χ0v) is 17.0. The fourth-order valence-electron chi connectivity index (χ4n) is 3.33. The van der Waals surface area contributed by atoms with Crippen LogP contribution in [-0.2, 0) is 4.79 Å². The molecule has 3 rings (SSSR count). The number of H-pyrrole nitrogens is 1. The Morgan fingerprint density at radius 2 is 1.82 bits per heavy atom. The maximum atomic E-state index is 12.6. The van der Waals surface area contributed by atoms with Crippen LogP contribution in [0.4, 0.5) is 0 Å². The molecule has 2 atom stereocenters. The molecule has 1 aromatic heterocycles. The number of nitrogens with one attached hydrogen (secondary N) is 2. The minimum Gasteiger partial charge on any atom is -0.497 e. The van der Waals surface area contributed by atoms with Crippen molar-refractivity contribution < 1.29 is 9.53 Å². The molecule has 1 heterocycles. The summed E-state index contributed by atoms with van der Waals surface area (Å²) in [5.41, 5.74) is 9.17. The topological polar surface area (TPSA) is 80.1 Å². The van der Waals surface area contributed by atoms with Gasteiger partial charge < -0.3 is 20.8 Å². The van der Waals surface area contributed by atoms with Crippen LogP contribution >= 0.6 is 0 Å². The van der Waals surface area contributed by atoms with Crippen molar-refractivity contribution in [1.29, 1.82) is 0 Å². The summed E-state index contributed by atoms with van der Waals surface area (Å²) in [6, 6.07) is 15.6. The number of ether oxygens (including phenoxy) is 1. The van der Waals surface area contributed by atoms with E-state index in [0.29, 0.717) is 6.54 Å². The molecule has 0 radical (unpaired) electrons. The molecule has 1 unspecified atom stereocenters. The number of aromatic amines is 1. The molecule has 5 nitrogen and oxygen atoms in total. The van der Waals surface area contributed by atoms with Crippen molar-refractivity contribution in [3.63, 3.8) is 0 Å². The van der Waals surface area contributed by atoms with E-state index in [1.165, 1.54) is 0 Å². The Labute approximate surface area is 166 Å². The summed E-state index contributed by atoms with van der Waals surface area (Å²) in [5, 5.41) is 4.21. The van der Waals surface area contributed by atoms with Crippen LogP contribution in [0.5, 0.6) is 5.75 Å². The third-order valence-corrected chi connectivity index (χ3v) is 5.21. The molecule has 0 aliphatic heterocycles. The zero-order chi connectivity index (χ0) is 20.3. The van der Waals surface area contributed by atoms with Crippen molar-refractivity contribution in [2.24, 2.45) is 11.1 Å². The number of methoxy groups -OCH3 is 1. The average Bonchev–Trinajstić information content (AvgIpc) is 3.11. The van der Waals surface area contributed by atoms with E-state index in [4.69, 9.17) is 10.5 Å². The standard InChI is InChI=1S/C23H29N3O2/c1-23(2,3)21(24)22(27)26-13-18(15-9-11-16(28-4)12-10-15)19-14-25-20-8-6-5-7-17(19)20/h5-12,14,18,21,25H,13,24H2,1-4H3,(H,26,27)/t18?,21-/m1/s1. The van der Waals surface area contributed by atoms with Gasteiger partial charge in [-0.15, -0.1) is 0 Å². The van der Waals surface area contributed by atoms with Crippen LogP contribution in [0, 0.1) is 5.41 Å². The van der Waals surface area contributed by atoms with Gasteiger partial charge in [0.05, 0.1) is 13.2 Å². The van der Waals surface area contributed by atoms with Crippen LogP contribution in [0.3, 0.4) is 0 Å². The first kappa shape index (κ1) is 20.0. The fraction of sp³-hybridized carbons (Fsp3) is 0.348. The number of rotatable bonds is 6. The molecule has 0 bridgehead atoms. The van der Waals surface area contributed by atoms with Crippen molar-refractivity contribution in [1.82, 2.24) is 10.3 Å². The molecule has 0 aliphatic rings. The Bertz CT molecular complexity index is 938. The summed E-state index contributed by atoms with van der Waals surface area (Å²) in [4.78, 5) is 15.9. The molecular formula is C23H29N3O2. The predicted octanol–water partition coefficient (Wildman–Crippen LogP) is 3.80. The van der Waals surface area contributed by atoms with E-state index in [1.54, 1.807) is 7.11 Å². The maximum Gasteiger partial charge on any atom is 0.237 e. The number of amides is 1. The van der Waals surface area contributed by atoms with Gasteiger partial charge in [0, 0.05) is 29.6 Å². The summed E-state index contributed by atoms with van der Waals surface area (Å²) in [6.07, 6.45) is 2.02. The van der Waals surface area contributed by atoms with Gasteiger partial charge in [-0.1, -0.05) is 51.1 Å². The van der Waals surface area contributed by atoms with E-state index in [0.717, 1.165) is 27.8 Å². The second-order valence-corrected chi connectivity index (χ2v) is 8.20. The van der Waals surface area contributed by atoms with Gasteiger partial charge >= 0.3 is 0 Å². The number of hydrogen-bond donors (Lipinski definition) is 3. The van der Waals surface area contributed by atoms with Crippen molar-refractivity contribution >= 4 is 16.8 Å². The highest BCUT2D eigenvalue weighted by Gasteiger charge is 2.28. The molecule has 3 aromatic rings. The predicted molar refractivity (Wildman–Crippen MR) is 114 cm³/mol. The fourth-order valence-corrected chi connectivity index (χ4v) is 3.33. The third kappa shape index (κ3) is 4.20. The molecule has 1 amide bonds. The highest BCUT2D eigenvalue weighted by Crippen LogP contribution is 2.31. The molecule has 0 aliphatic carbocycles. The van der Waals surface area contributed by atoms with Crippen molar-refractivity contribution in [3.8, 4) is 5.75 Å². The van der Waals surface area contributed by atoms with E-state index in [1.807, 2.05) is 63.4 Å². The quantitative estimate of drug-likeness (QED) is 0.609. The van der Waals surface area contributed by atoms with Gasteiger partial charge in [0.15, 0.2) is 0 Å². The van der Waals surface area contributed by atoms with Crippen LogP contribution in [0.2, 0.25) is 0 Å². The van der Waals surface area contributed by atoms with Crippen LogP contribution in [0.15, 0.2) is 54.7 Å². The van der Waals surface area contributed by atoms with Gasteiger partial charge in [-0.25, -0.2) is 0 Å². The molecule has 5 heteroatoms. The minimum absolute atomic E-state index is 0.00169. The lowest BCUT2D eigenvalue weighted by Gasteiger charge is -2.27. The lowest BCUT2D eigenvalue weighted by molar-refractivity contribution is -0.124. The number of para-hydroxylation sites is 1. The number of fused-ring (bicyclic) bond motifs is 1. The number of nitrogens with two attached hydrogens (primary N) is 1. The van der Waals surface area contributed by atoms with Gasteiger partial charge in [-0.2, -0.15) is 0 Å². The van der Waals surface area contributed by atoms with E-state index >= 15 is 0 Å². The summed E-state index contributed by atoms with van der Waals surface area (Å²) in [6.45, 7) is 6.38. The highest BCUT2D eigenvalue weighted by molar-refractivity contribution is 5.85. The van der Waals surface area contributed by atoms with Crippen LogP contribution in [0.1, 0.15) is 37.8 Å². The Morgan fingerprint density at radius 1 is 1.14 bits per heavy atom. The first-order chi connectivity index (χ1) is 13.3. The van der Waals surface area contributed by atoms with Crippen LogP contribution in [0.25, 0.3) is 10.9 Å². The summed E-state index contributed by atoms with van der Waals surface area (Å²) in [5.74, 6) is 0.671. The smallest absolute Gasteiger partial charge is 0.237 e. The molecule has 0 saturated carbocycles. The van der Waals surface area contributed by atoms with E-state index in [2.05, 4.69) is 22.4 Å². The molecule has 2 aromatic carbocycles. The summed E-state index contributed by atoms with van der Waals surface area (Å²) in [7, 11) is 1.65. The van der Waals surface area contributed by atoms with Crippen molar-refractivity contribution in [2.75, 3.05) is 13.7 Å². The number of carbonyl (C=O) groups is 1. The normalized spacial score (nSPS) is 13.9. The SMILES string of the molecule is COc1ccc(C(CNC(=O)[C@@H](N)C(C)(C)C)c2c[nH]c3ccccc23)cc1. The van der Waals surface area contributed by atoms with Gasteiger partial charge in [-0.3, -0.25) is 4.79 Å². The number of aromatic nitrogens is 1. The molecule has 4 N–H and O–H groups in total. The third-order valence-electron chi connectivity index (χ3n) is 5.21. The Kier molecular flexibility index (Phi) is 5.75. The first-order valence-electron chi connectivity index (χ1n) is 9.54. The van der Waals surface area contributed by atoms with Crippen LogP contribution < -0.4 is 15.8 Å². The van der Waals surface area contributed by atoms with E-state index in [9.17, 15) is 4.79 Å². The second-order valence-electron chi connectivity index (χ2n) is 8.20. The molecule has 28 heavy (non-hydrogen) atoms. The average molecular weight is 380 g/mol. The minimum atomic E-state index is -0.563. The van der Waals surface area contributed by atoms with E-state index < -0.39 is 6.04 Å². The van der Waals surface area contributed by atoms with Crippen LogP contribution in [-0.4, -0.2) is 30.6 Å². The molecular weight excluding hydrogens is 350 g/mol. The van der Waals surface area contributed by atoms with Gasteiger partial charge in [0.25, 0.3) is 0 Å². The molecule has 0 saturated heterocycles. The largest absolute Gasteiger partial charge is 0.497 e. The highest BCUT2D eigenvalue weighted by atomic mass is 16.5. The van der Waals surface area contributed by atoms with E-state index in [-0.39, 0.29) is 17.2 Å². The van der Waals surface area contributed by atoms with Gasteiger partial charge in [0.2, 0.25) is 5.91 Å². The number of carbonyl (C=O) groups excluding carboxylic acids is 1. The second kappa shape index (κ2) is 8.07. The lowest BCUT2D eigenvalue weighted by atomic mass is 9.86. The van der Waals surface area contributed by atoms with Crippen molar-refractivity contribution in [3.05, 3.63) is 65.9 Å². The summed E-state index contributed by atoms with van der Waals surface area (Å²) < 4.78 is 5.28. The lowest BCUT2D eigenvalue weighted by Crippen LogP contribution is -2.49. The molecule has 0 fully saturated rings. The Hall–Kier alpha value is -2.79. The molecule has 148 valence electrons. The van der Waals surface area contributed by atoms with Crippen molar-refractivity contribution in [2.45, 2.75) is 32.7 Å². The molecule has 0 spiro atoms. The zero-order valence-electron chi connectivity index (χ0n) is 17.0. The summed E-state index contributed by atoms with van der Waals surface area (Å²) >= 11 is 0. The van der Waals surface area contributed by atoms with Gasteiger partial charge in [0.1, 0.15) is 5.75 Å². The monoisotopic (exact) mass is 379 g/mol. The first-order valence-corrected chi connectivity index (χ1v) is 9.54. The maximum absolute atomic E-state index is 12.6. The number of benzene rings is 2. The Morgan fingerprint density at radius 3 is 2.46 bits per heavy atom. The number of hydrogen-bond acceptors (Lipinski definition) is 3. The van der Waals surface area contributed by atoms with Gasteiger partial charge in [-0.05, 0) is 34.7 Å².